The Kier molecular flexibility index (Phi) is 6.88. The zero-order chi connectivity index (χ0) is 26.3. The maximum absolute atomic E-state index is 13.9. The molecular weight excluding hydrogens is 550 g/mol. The van der Waals surface area contributed by atoms with Crippen molar-refractivity contribution in [3.8, 4) is 5.69 Å². The van der Waals surface area contributed by atoms with Crippen LogP contribution < -0.4 is 14.9 Å². The number of aromatic nitrogens is 2. The number of hydrogen-bond acceptors (Lipinski definition) is 5. The average Bonchev–Trinajstić information content (AvgIpc) is 3.37. The minimum absolute atomic E-state index is 0.178. The van der Waals surface area contributed by atoms with Gasteiger partial charge in [-0.15, -0.1) is 0 Å². The van der Waals surface area contributed by atoms with Gasteiger partial charge in [-0.1, -0.05) is 64.5 Å². The zero-order valence-corrected chi connectivity index (χ0v) is 23.4. The van der Waals surface area contributed by atoms with Crippen LogP contribution >= 0.6 is 27.3 Å². The number of aryl methyl sites for hydroxylation is 1. The van der Waals surface area contributed by atoms with Crippen molar-refractivity contribution >= 4 is 39.3 Å². The number of carbonyl (C=O) groups excluding carboxylic acids is 1. The Hall–Kier alpha value is -3.49. The van der Waals surface area contributed by atoms with E-state index in [9.17, 15) is 9.59 Å². The zero-order valence-electron chi connectivity index (χ0n) is 21.0. The minimum atomic E-state index is -0.600. The minimum Gasteiger partial charge on any atom is -0.466 e. The Bertz CT molecular complexity index is 1710. The molecule has 0 fully saturated rings. The smallest absolute Gasteiger partial charge is 0.338 e. The third kappa shape index (κ3) is 4.45. The quantitative estimate of drug-likeness (QED) is 0.316. The van der Waals surface area contributed by atoms with Crippen LogP contribution in [0.15, 0.2) is 86.2 Å². The van der Waals surface area contributed by atoms with Crippen molar-refractivity contribution in [1.29, 1.82) is 0 Å². The fourth-order valence-corrected chi connectivity index (χ4v) is 6.15. The van der Waals surface area contributed by atoms with Crippen molar-refractivity contribution in [3.05, 3.63) is 119 Å². The molecule has 5 rings (SSSR count). The van der Waals surface area contributed by atoms with Crippen LogP contribution in [0.5, 0.6) is 0 Å². The van der Waals surface area contributed by atoms with Crippen molar-refractivity contribution in [2.24, 2.45) is 4.99 Å². The molecule has 0 amide bonds. The Labute approximate surface area is 227 Å². The summed E-state index contributed by atoms with van der Waals surface area (Å²) < 4.78 is 10.5. The van der Waals surface area contributed by atoms with Gasteiger partial charge in [-0.05, 0) is 67.8 Å². The number of rotatable bonds is 5. The molecule has 8 heteroatoms. The fraction of sp³-hybridized carbons (Fsp3) is 0.207. The molecular formula is C29H26BrN3O3S. The number of halogens is 1. The molecule has 0 saturated carbocycles. The summed E-state index contributed by atoms with van der Waals surface area (Å²) in [5, 5.41) is 0. The molecule has 0 spiro atoms. The number of benzene rings is 2. The van der Waals surface area contributed by atoms with Crippen LogP contribution in [-0.4, -0.2) is 22.2 Å². The molecule has 0 N–H and O–H groups in total. The highest BCUT2D eigenvalue weighted by atomic mass is 79.9. The largest absolute Gasteiger partial charge is 0.466 e. The van der Waals surface area contributed by atoms with Crippen LogP contribution in [0.2, 0.25) is 0 Å². The molecule has 1 atom stereocenters. The summed E-state index contributed by atoms with van der Waals surface area (Å²) in [5.74, 6) is -0.471. The number of carbonyl (C=O) groups is 1. The Balaban J connectivity index is 1.71. The summed E-state index contributed by atoms with van der Waals surface area (Å²) in [7, 11) is 1.36. The van der Waals surface area contributed by atoms with E-state index in [4.69, 9.17) is 9.73 Å². The average molecular weight is 577 g/mol. The third-order valence-corrected chi connectivity index (χ3v) is 8.12. The van der Waals surface area contributed by atoms with Gasteiger partial charge in [0, 0.05) is 21.5 Å². The second kappa shape index (κ2) is 10.1. The number of hydrogen-bond donors (Lipinski definition) is 0. The van der Waals surface area contributed by atoms with Crippen LogP contribution in [0.25, 0.3) is 11.8 Å². The van der Waals surface area contributed by atoms with Gasteiger partial charge in [-0.3, -0.25) is 9.36 Å². The van der Waals surface area contributed by atoms with E-state index in [0.29, 0.717) is 27.0 Å². The van der Waals surface area contributed by atoms with E-state index in [1.165, 1.54) is 18.4 Å². The number of allylic oxidation sites excluding steroid dienone is 1. The van der Waals surface area contributed by atoms with Gasteiger partial charge in [0.15, 0.2) is 4.80 Å². The van der Waals surface area contributed by atoms with Gasteiger partial charge in [-0.25, -0.2) is 9.79 Å². The second-order valence-corrected chi connectivity index (χ2v) is 10.8. The van der Waals surface area contributed by atoms with Crippen molar-refractivity contribution in [2.45, 2.75) is 33.2 Å². The summed E-state index contributed by atoms with van der Waals surface area (Å²) in [6, 6.07) is 19.2. The molecule has 0 aliphatic carbocycles. The SMILES string of the molecule is CCC1=C(C(=O)OC)[C@H](c2ccccc2)n2c(s/c(=C/c3cc(C)n(-c4ccc(Br)cc4)c3C)c2=O)=N1. The van der Waals surface area contributed by atoms with Crippen LogP contribution in [-0.2, 0) is 9.53 Å². The molecule has 6 nitrogen and oxygen atoms in total. The summed E-state index contributed by atoms with van der Waals surface area (Å²) in [6.07, 6.45) is 2.48. The first-order valence-corrected chi connectivity index (χ1v) is 13.6. The van der Waals surface area contributed by atoms with Gasteiger partial charge in [-0.2, -0.15) is 0 Å². The molecule has 188 valence electrons. The summed E-state index contributed by atoms with van der Waals surface area (Å²) in [5.41, 5.74) is 5.83. The van der Waals surface area contributed by atoms with E-state index in [1.54, 1.807) is 4.57 Å². The lowest BCUT2D eigenvalue weighted by Gasteiger charge is -2.25. The van der Waals surface area contributed by atoms with Gasteiger partial charge < -0.3 is 9.30 Å². The topological polar surface area (TPSA) is 65.6 Å². The van der Waals surface area contributed by atoms with E-state index in [2.05, 4.69) is 52.5 Å². The maximum Gasteiger partial charge on any atom is 0.338 e. The number of fused-ring (bicyclic) bond motifs is 1. The van der Waals surface area contributed by atoms with Crippen molar-refractivity contribution in [3.63, 3.8) is 0 Å². The predicted octanol–water partition coefficient (Wildman–Crippen LogP) is 4.97. The molecule has 0 unspecified atom stereocenters. The molecule has 1 aliphatic heterocycles. The van der Waals surface area contributed by atoms with Crippen molar-refractivity contribution < 1.29 is 9.53 Å². The van der Waals surface area contributed by atoms with E-state index in [-0.39, 0.29) is 5.56 Å². The normalized spacial score (nSPS) is 15.5. The molecule has 0 saturated heterocycles. The lowest BCUT2D eigenvalue weighted by Crippen LogP contribution is -2.40. The molecule has 3 heterocycles. The standard InChI is InChI=1S/C29H26BrN3O3S/c1-5-23-25(28(35)36-4)26(19-9-7-6-8-10-19)33-27(34)24(37-29(33)31-23)16-20-15-17(2)32(18(20)3)22-13-11-21(30)12-14-22/h6-16,26H,5H2,1-4H3/b24-16+/t26-/m0/s1. The summed E-state index contributed by atoms with van der Waals surface area (Å²) in [6.45, 7) is 6.06. The fourth-order valence-electron chi connectivity index (χ4n) is 4.88. The highest BCUT2D eigenvalue weighted by molar-refractivity contribution is 9.10. The molecule has 1 aliphatic rings. The van der Waals surface area contributed by atoms with Crippen molar-refractivity contribution in [1.82, 2.24) is 9.13 Å². The Morgan fingerprint density at radius 2 is 1.84 bits per heavy atom. The Morgan fingerprint density at radius 3 is 2.49 bits per heavy atom. The molecule has 0 radical (unpaired) electrons. The molecule has 4 aromatic rings. The number of thiazole rings is 1. The first-order valence-electron chi connectivity index (χ1n) is 12.0. The number of methoxy groups -OCH3 is 1. The van der Waals surface area contributed by atoms with Crippen LogP contribution in [0.4, 0.5) is 0 Å². The number of nitrogens with zero attached hydrogens (tertiary/aromatic N) is 3. The van der Waals surface area contributed by atoms with E-state index in [1.807, 2.05) is 55.5 Å². The van der Waals surface area contributed by atoms with Gasteiger partial charge in [0.25, 0.3) is 5.56 Å². The van der Waals surface area contributed by atoms with E-state index in [0.717, 1.165) is 32.7 Å². The molecule has 0 bridgehead atoms. The third-order valence-electron chi connectivity index (χ3n) is 6.61. The molecule has 2 aromatic carbocycles. The summed E-state index contributed by atoms with van der Waals surface area (Å²) in [4.78, 5) is 32.1. The predicted molar refractivity (Wildman–Crippen MR) is 150 cm³/mol. The van der Waals surface area contributed by atoms with Gasteiger partial charge in [0.1, 0.15) is 0 Å². The maximum atomic E-state index is 13.9. The van der Waals surface area contributed by atoms with Gasteiger partial charge in [0.05, 0.1) is 29.0 Å². The van der Waals surface area contributed by atoms with E-state index >= 15 is 0 Å². The Morgan fingerprint density at radius 1 is 1.14 bits per heavy atom. The van der Waals surface area contributed by atoms with E-state index < -0.39 is 12.0 Å². The lowest BCUT2D eigenvalue weighted by atomic mass is 9.95. The number of ether oxygens (including phenoxy) is 1. The second-order valence-electron chi connectivity index (χ2n) is 8.84. The van der Waals surface area contributed by atoms with Gasteiger partial charge >= 0.3 is 5.97 Å². The monoisotopic (exact) mass is 575 g/mol. The molecule has 37 heavy (non-hydrogen) atoms. The first kappa shape index (κ1) is 25.2. The number of esters is 1. The summed E-state index contributed by atoms with van der Waals surface area (Å²) >= 11 is 4.84. The van der Waals surface area contributed by atoms with Crippen molar-refractivity contribution in [2.75, 3.05) is 7.11 Å². The highest BCUT2D eigenvalue weighted by Crippen LogP contribution is 2.31. The molecule has 2 aromatic heterocycles. The lowest BCUT2D eigenvalue weighted by molar-refractivity contribution is -0.136. The highest BCUT2D eigenvalue weighted by Gasteiger charge is 2.33. The first-order chi connectivity index (χ1) is 17.8. The van der Waals surface area contributed by atoms with Crippen LogP contribution in [0.3, 0.4) is 0 Å². The van der Waals surface area contributed by atoms with Crippen LogP contribution in [0.1, 0.15) is 41.9 Å². The van der Waals surface area contributed by atoms with Gasteiger partial charge in [0.2, 0.25) is 0 Å². The van der Waals surface area contributed by atoms with Crippen LogP contribution in [0, 0.1) is 13.8 Å².